The molecule has 2 aromatic rings. The Morgan fingerprint density at radius 1 is 1.20 bits per heavy atom. The van der Waals surface area contributed by atoms with Gasteiger partial charge in [-0.25, -0.2) is 9.97 Å². The number of aldehydes is 1. The Morgan fingerprint density at radius 3 is 2.27 bits per heavy atom. The summed E-state index contributed by atoms with van der Waals surface area (Å²) < 4.78 is 0. The van der Waals surface area contributed by atoms with Gasteiger partial charge in [0.25, 0.3) is 0 Å². The molecule has 0 saturated heterocycles. The van der Waals surface area contributed by atoms with Crippen molar-refractivity contribution in [1.82, 2.24) is 15.0 Å². The molecule has 0 bridgehead atoms. The third-order valence-electron chi connectivity index (χ3n) is 1.35. The zero-order valence-corrected chi connectivity index (χ0v) is 8.50. The van der Waals surface area contributed by atoms with Gasteiger partial charge < -0.3 is 0 Å². The van der Waals surface area contributed by atoms with Crippen molar-refractivity contribution in [3.05, 3.63) is 53.8 Å². The minimum atomic E-state index is 0.402. The molecule has 2 heterocycles. The topological polar surface area (TPSA) is 55.7 Å². The molecule has 0 N–H and O–H groups in total. The Labute approximate surface area is 92.0 Å². The Morgan fingerprint density at radius 2 is 1.93 bits per heavy atom. The highest BCUT2D eigenvalue weighted by molar-refractivity contribution is 6.30. The van der Waals surface area contributed by atoms with Gasteiger partial charge in [-0.3, -0.25) is 9.78 Å². The van der Waals surface area contributed by atoms with Crippen LogP contribution in [0.5, 0.6) is 0 Å². The molecule has 0 aromatic carbocycles. The van der Waals surface area contributed by atoms with Crippen LogP contribution in [0.3, 0.4) is 0 Å². The highest BCUT2D eigenvalue weighted by atomic mass is 35.5. The molecule has 0 spiro atoms. The fourth-order valence-corrected chi connectivity index (χ4v) is 0.822. The van der Waals surface area contributed by atoms with Crippen LogP contribution in [0, 0.1) is 0 Å². The van der Waals surface area contributed by atoms with Crippen LogP contribution in [0.4, 0.5) is 0 Å². The fourth-order valence-electron chi connectivity index (χ4n) is 0.710. The number of rotatable bonds is 1. The third-order valence-corrected chi connectivity index (χ3v) is 1.57. The first-order valence-electron chi connectivity index (χ1n) is 4.09. The first kappa shape index (κ1) is 11.3. The SMILES string of the molecule is O=Cc1ccc(Cl)cn1.c1cncnc1. The number of carbonyl (C=O) groups is 1. The summed E-state index contributed by atoms with van der Waals surface area (Å²) in [7, 11) is 0. The van der Waals surface area contributed by atoms with Crippen molar-refractivity contribution >= 4 is 17.9 Å². The molecule has 0 saturated carbocycles. The van der Waals surface area contributed by atoms with Crippen molar-refractivity contribution in [2.75, 3.05) is 0 Å². The van der Waals surface area contributed by atoms with Crippen LogP contribution in [0.25, 0.3) is 0 Å². The summed E-state index contributed by atoms with van der Waals surface area (Å²) in [5.74, 6) is 0. The predicted molar refractivity (Wildman–Crippen MR) is 56.7 cm³/mol. The van der Waals surface area contributed by atoms with E-state index in [0.29, 0.717) is 17.0 Å². The number of aromatic nitrogens is 3. The molecule has 76 valence electrons. The van der Waals surface area contributed by atoms with E-state index in [2.05, 4.69) is 15.0 Å². The van der Waals surface area contributed by atoms with Crippen molar-refractivity contribution in [3.8, 4) is 0 Å². The van der Waals surface area contributed by atoms with E-state index in [1.807, 2.05) is 0 Å². The number of hydrogen-bond acceptors (Lipinski definition) is 4. The largest absolute Gasteiger partial charge is 0.296 e. The summed E-state index contributed by atoms with van der Waals surface area (Å²) in [5, 5.41) is 0.542. The van der Waals surface area contributed by atoms with Crippen molar-refractivity contribution in [2.24, 2.45) is 0 Å². The summed E-state index contributed by atoms with van der Waals surface area (Å²) in [6.07, 6.45) is 6.99. The average molecular weight is 222 g/mol. The number of nitrogens with zero attached hydrogens (tertiary/aromatic N) is 3. The molecule has 2 aromatic heterocycles. The van der Waals surface area contributed by atoms with Gasteiger partial charge in [-0.15, -0.1) is 0 Å². The first-order chi connectivity index (χ1) is 7.33. The maximum atomic E-state index is 10.0. The molecule has 0 atom stereocenters. The minimum Gasteiger partial charge on any atom is -0.296 e. The van der Waals surface area contributed by atoms with Gasteiger partial charge in [0.15, 0.2) is 6.29 Å². The summed E-state index contributed by atoms with van der Waals surface area (Å²) >= 11 is 5.49. The molecule has 15 heavy (non-hydrogen) atoms. The van der Waals surface area contributed by atoms with E-state index in [0.717, 1.165) is 0 Å². The maximum Gasteiger partial charge on any atom is 0.168 e. The minimum absolute atomic E-state index is 0.402. The van der Waals surface area contributed by atoms with Crippen molar-refractivity contribution in [1.29, 1.82) is 0 Å². The molecule has 0 aliphatic heterocycles. The van der Waals surface area contributed by atoms with E-state index in [1.54, 1.807) is 30.6 Å². The van der Waals surface area contributed by atoms with Crippen molar-refractivity contribution in [2.45, 2.75) is 0 Å². The van der Waals surface area contributed by atoms with Crippen LogP contribution in [-0.4, -0.2) is 21.2 Å². The maximum absolute atomic E-state index is 10.0. The second-order valence-corrected chi connectivity index (χ2v) is 2.86. The molecule has 0 unspecified atom stereocenters. The summed E-state index contributed by atoms with van der Waals surface area (Å²) in [5.41, 5.74) is 0.402. The van der Waals surface area contributed by atoms with Gasteiger partial charge in [0.05, 0.1) is 5.02 Å². The van der Waals surface area contributed by atoms with Gasteiger partial charge in [-0.1, -0.05) is 11.6 Å². The molecule has 2 rings (SSSR count). The summed E-state index contributed by atoms with van der Waals surface area (Å²) in [4.78, 5) is 21.1. The number of hydrogen-bond donors (Lipinski definition) is 0. The van der Waals surface area contributed by atoms with E-state index in [1.165, 1.54) is 12.5 Å². The lowest BCUT2D eigenvalue weighted by Gasteiger charge is -1.86. The van der Waals surface area contributed by atoms with E-state index >= 15 is 0 Å². The number of carbonyl (C=O) groups excluding carboxylic acids is 1. The van der Waals surface area contributed by atoms with Gasteiger partial charge in [0.2, 0.25) is 0 Å². The lowest BCUT2D eigenvalue weighted by atomic mass is 10.4. The van der Waals surface area contributed by atoms with Gasteiger partial charge in [-0.2, -0.15) is 0 Å². The second-order valence-electron chi connectivity index (χ2n) is 2.42. The van der Waals surface area contributed by atoms with E-state index in [4.69, 9.17) is 11.6 Å². The molecular weight excluding hydrogens is 214 g/mol. The Bertz CT molecular complexity index is 364. The fraction of sp³-hybridized carbons (Fsp3) is 0. The van der Waals surface area contributed by atoms with Gasteiger partial charge in [0.1, 0.15) is 12.0 Å². The first-order valence-corrected chi connectivity index (χ1v) is 4.47. The number of pyridine rings is 1. The average Bonchev–Trinajstić information content (AvgIpc) is 2.33. The van der Waals surface area contributed by atoms with E-state index < -0.39 is 0 Å². The van der Waals surface area contributed by atoms with Crippen molar-refractivity contribution < 1.29 is 4.79 Å². The van der Waals surface area contributed by atoms with Gasteiger partial charge >= 0.3 is 0 Å². The molecule has 0 amide bonds. The van der Waals surface area contributed by atoms with Crippen LogP contribution in [0.2, 0.25) is 5.02 Å². The summed E-state index contributed by atoms with van der Waals surface area (Å²) in [6, 6.07) is 4.97. The molecule has 5 heteroatoms. The second kappa shape index (κ2) is 6.62. The zero-order valence-electron chi connectivity index (χ0n) is 7.75. The Hall–Kier alpha value is -1.81. The molecule has 0 aliphatic carbocycles. The Kier molecular flexibility index (Phi) is 4.97. The van der Waals surface area contributed by atoms with Crippen LogP contribution in [0.15, 0.2) is 43.1 Å². The van der Waals surface area contributed by atoms with Crippen LogP contribution in [0.1, 0.15) is 10.5 Å². The molecular formula is C10H8ClN3O. The highest BCUT2D eigenvalue weighted by Crippen LogP contribution is 2.03. The predicted octanol–water partition coefficient (Wildman–Crippen LogP) is 2.02. The van der Waals surface area contributed by atoms with Crippen LogP contribution >= 0.6 is 11.6 Å². The van der Waals surface area contributed by atoms with Crippen LogP contribution < -0.4 is 0 Å². The van der Waals surface area contributed by atoms with E-state index in [9.17, 15) is 4.79 Å². The standard InChI is InChI=1S/C6H4ClNO.C4H4N2/c7-5-1-2-6(4-9)8-3-5;1-2-5-4-6-3-1/h1-4H;1-4H. The van der Waals surface area contributed by atoms with Gasteiger partial charge in [0, 0.05) is 18.6 Å². The van der Waals surface area contributed by atoms with E-state index in [-0.39, 0.29) is 0 Å². The molecule has 0 radical (unpaired) electrons. The van der Waals surface area contributed by atoms with Gasteiger partial charge in [-0.05, 0) is 18.2 Å². The molecule has 4 nitrogen and oxygen atoms in total. The quantitative estimate of drug-likeness (QED) is 0.692. The monoisotopic (exact) mass is 221 g/mol. The zero-order chi connectivity index (χ0) is 10.9. The lowest BCUT2D eigenvalue weighted by Crippen LogP contribution is -1.82. The summed E-state index contributed by atoms with van der Waals surface area (Å²) in [6.45, 7) is 0. The normalized spacial score (nSPS) is 8.60. The lowest BCUT2D eigenvalue weighted by molar-refractivity contribution is 0.111. The molecule has 0 aliphatic rings. The van der Waals surface area contributed by atoms with Crippen LogP contribution in [-0.2, 0) is 0 Å². The highest BCUT2D eigenvalue weighted by Gasteiger charge is 1.88. The Balaban J connectivity index is 0.000000162. The number of halogens is 1. The van der Waals surface area contributed by atoms with Crippen molar-refractivity contribution in [3.63, 3.8) is 0 Å². The third kappa shape index (κ3) is 4.83. The smallest absolute Gasteiger partial charge is 0.168 e. The molecule has 0 fully saturated rings.